The zero-order valence-electron chi connectivity index (χ0n) is 17.5. The average molecular weight is 449 g/mol. The maximum Gasteiger partial charge on any atom is 0.273 e. The minimum absolute atomic E-state index is 0.287. The van der Waals surface area contributed by atoms with Crippen molar-refractivity contribution >= 4 is 34.3 Å². The highest BCUT2D eigenvalue weighted by Crippen LogP contribution is 2.26. The molecule has 0 bridgehead atoms. The summed E-state index contributed by atoms with van der Waals surface area (Å²) in [7, 11) is 0. The molecule has 1 atom stereocenters. The number of primary amides is 1. The van der Waals surface area contributed by atoms with Crippen molar-refractivity contribution in [1.29, 1.82) is 0 Å². The van der Waals surface area contributed by atoms with Crippen LogP contribution in [0.2, 0.25) is 0 Å². The second-order valence-electron chi connectivity index (χ2n) is 7.63. The number of nitrogens with zero attached hydrogens (tertiary/aromatic N) is 3. The lowest BCUT2D eigenvalue weighted by atomic mass is 10.1. The Kier molecular flexibility index (Phi) is 6.86. The first kappa shape index (κ1) is 21.6. The zero-order chi connectivity index (χ0) is 22.3. The number of nitrogens with one attached hydrogen (secondary N) is 2. The predicted molar refractivity (Wildman–Crippen MR) is 124 cm³/mol. The molecule has 0 aliphatic heterocycles. The summed E-state index contributed by atoms with van der Waals surface area (Å²) in [6.45, 7) is 0. The summed E-state index contributed by atoms with van der Waals surface area (Å²) in [5.74, 6) is 0.0982. The largest absolute Gasteiger partial charge is 0.370 e. The van der Waals surface area contributed by atoms with Gasteiger partial charge in [0.1, 0.15) is 5.82 Å². The van der Waals surface area contributed by atoms with E-state index in [9.17, 15) is 9.59 Å². The van der Waals surface area contributed by atoms with E-state index in [1.807, 2.05) is 12.1 Å². The van der Waals surface area contributed by atoms with Crippen molar-refractivity contribution in [3.05, 3.63) is 66.4 Å². The van der Waals surface area contributed by atoms with Crippen LogP contribution < -0.4 is 11.1 Å². The minimum atomic E-state index is -0.313. The first-order chi connectivity index (χ1) is 15.6. The predicted octanol–water partition coefficient (Wildman–Crippen LogP) is 3.99. The Bertz CT molecular complexity index is 1200. The zero-order valence-corrected chi connectivity index (χ0v) is 18.3. The van der Waals surface area contributed by atoms with Gasteiger partial charge in [-0.25, -0.2) is 4.98 Å². The van der Waals surface area contributed by atoms with Crippen LogP contribution in [-0.2, 0) is 4.79 Å². The average Bonchev–Trinajstić information content (AvgIpc) is 3.50. The number of amides is 2. The summed E-state index contributed by atoms with van der Waals surface area (Å²) >= 11 is 0.992. The Morgan fingerprint density at radius 3 is 2.69 bits per heavy atom. The molecule has 4 N–H and O–H groups in total. The highest BCUT2D eigenvalue weighted by molar-refractivity contribution is 6.99. The van der Waals surface area contributed by atoms with E-state index in [1.54, 1.807) is 6.20 Å². The van der Waals surface area contributed by atoms with E-state index in [0.29, 0.717) is 18.7 Å². The smallest absolute Gasteiger partial charge is 0.273 e. The van der Waals surface area contributed by atoms with Gasteiger partial charge < -0.3 is 16.0 Å². The lowest BCUT2D eigenvalue weighted by molar-refractivity contribution is -0.118. The number of carbonyl (C=O) groups is 2. The number of H-pyrrole nitrogens is 1. The number of carbonyl (C=O) groups excluding carboxylic acids is 2. The molecule has 0 aliphatic rings. The topological polar surface area (TPSA) is 127 Å². The standard InChI is InChI=1S/C23H24N6O2S/c24-21(30)9-3-1-2-8-18(28-23(31)20-14-26-32-29-20)22-25-13-19(27-22)17-11-10-15-6-4-5-7-16(15)12-17/h4-7,10-14,18H,1-3,8-9H2,(H2,24,30)(H,25,27)(H,28,31)/t18-/m0/s1. The van der Waals surface area contributed by atoms with Crippen LogP contribution in [0, 0.1) is 0 Å². The third-order valence-electron chi connectivity index (χ3n) is 5.30. The van der Waals surface area contributed by atoms with Crippen LogP contribution >= 0.6 is 11.7 Å². The highest BCUT2D eigenvalue weighted by atomic mass is 32.1. The van der Waals surface area contributed by atoms with Crippen molar-refractivity contribution < 1.29 is 9.59 Å². The summed E-state index contributed by atoms with van der Waals surface area (Å²) in [4.78, 5) is 31.5. The quantitative estimate of drug-likeness (QED) is 0.316. The fourth-order valence-electron chi connectivity index (χ4n) is 3.62. The van der Waals surface area contributed by atoms with Crippen LogP contribution in [0.25, 0.3) is 22.0 Å². The van der Waals surface area contributed by atoms with Crippen molar-refractivity contribution in [1.82, 2.24) is 24.0 Å². The van der Waals surface area contributed by atoms with Crippen LogP contribution in [0.5, 0.6) is 0 Å². The van der Waals surface area contributed by atoms with Gasteiger partial charge in [0.2, 0.25) is 5.91 Å². The Labute approximate surface area is 189 Å². The molecule has 164 valence electrons. The van der Waals surface area contributed by atoms with Gasteiger partial charge in [0, 0.05) is 12.0 Å². The normalized spacial score (nSPS) is 12.0. The molecule has 2 aromatic carbocycles. The van der Waals surface area contributed by atoms with Crippen LogP contribution in [0.4, 0.5) is 0 Å². The van der Waals surface area contributed by atoms with Gasteiger partial charge >= 0.3 is 0 Å². The molecule has 4 aromatic rings. The first-order valence-corrected chi connectivity index (χ1v) is 11.2. The second kappa shape index (κ2) is 10.1. The molecule has 8 nitrogen and oxygen atoms in total. The summed E-state index contributed by atoms with van der Waals surface area (Å²) in [6, 6.07) is 14.1. The molecule has 0 fully saturated rings. The molecule has 4 rings (SSSR count). The first-order valence-electron chi connectivity index (χ1n) is 10.5. The van der Waals surface area contributed by atoms with E-state index >= 15 is 0 Å². The molecule has 2 heterocycles. The number of benzene rings is 2. The van der Waals surface area contributed by atoms with E-state index in [1.165, 1.54) is 11.6 Å². The molecular formula is C23H24N6O2S. The third kappa shape index (κ3) is 5.36. The van der Waals surface area contributed by atoms with Gasteiger partial charge in [0.05, 0.1) is 35.9 Å². The number of unbranched alkanes of at least 4 members (excludes halogenated alkanes) is 2. The van der Waals surface area contributed by atoms with Crippen molar-refractivity contribution in [3.8, 4) is 11.3 Å². The minimum Gasteiger partial charge on any atom is -0.370 e. The molecule has 0 unspecified atom stereocenters. The molecular weight excluding hydrogens is 424 g/mol. The third-order valence-corrected chi connectivity index (χ3v) is 5.78. The monoisotopic (exact) mass is 448 g/mol. The molecule has 2 aromatic heterocycles. The fraction of sp³-hybridized carbons (Fsp3) is 0.261. The lowest BCUT2D eigenvalue weighted by Crippen LogP contribution is -2.29. The van der Waals surface area contributed by atoms with Crippen molar-refractivity contribution in [2.24, 2.45) is 5.73 Å². The number of aromatic nitrogens is 4. The molecule has 0 saturated carbocycles. The van der Waals surface area contributed by atoms with E-state index in [-0.39, 0.29) is 23.6 Å². The van der Waals surface area contributed by atoms with E-state index in [0.717, 1.165) is 47.6 Å². The van der Waals surface area contributed by atoms with Crippen LogP contribution in [-0.4, -0.2) is 30.5 Å². The number of hydrogen-bond acceptors (Lipinski definition) is 6. The summed E-state index contributed by atoms with van der Waals surface area (Å²) in [5, 5.41) is 5.33. The molecule has 2 amide bonds. The number of hydrogen-bond donors (Lipinski definition) is 3. The van der Waals surface area contributed by atoms with Crippen molar-refractivity contribution in [2.75, 3.05) is 0 Å². The van der Waals surface area contributed by atoms with E-state index in [4.69, 9.17) is 5.73 Å². The van der Waals surface area contributed by atoms with Gasteiger partial charge in [-0.3, -0.25) is 9.59 Å². The van der Waals surface area contributed by atoms with E-state index in [2.05, 4.69) is 54.4 Å². The van der Waals surface area contributed by atoms with Gasteiger partial charge in [-0.2, -0.15) is 8.75 Å². The maximum atomic E-state index is 12.6. The van der Waals surface area contributed by atoms with Crippen LogP contribution in [0.1, 0.15) is 54.5 Å². The highest BCUT2D eigenvalue weighted by Gasteiger charge is 2.20. The van der Waals surface area contributed by atoms with Gasteiger partial charge in [0.25, 0.3) is 5.91 Å². The second-order valence-corrected chi connectivity index (χ2v) is 8.19. The molecule has 0 saturated heterocycles. The van der Waals surface area contributed by atoms with E-state index < -0.39 is 0 Å². The van der Waals surface area contributed by atoms with Gasteiger partial charge in [-0.15, -0.1) is 0 Å². The van der Waals surface area contributed by atoms with Gasteiger partial charge in [0.15, 0.2) is 5.69 Å². The fourth-order valence-corrected chi connectivity index (χ4v) is 4.03. The molecule has 9 heteroatoms. The summed E-state index contributed by atoms with van der Waals surface area (Å²) < 4.78 is 7.91. The molecule has 32 heavy (non-hydrogen) atoms. The Morgan fingerprint density at radius 2 is 1.91 bits per heavy atom. The molecule has 0 aliphatic carbocycles. The van der Waals surface area contributed by atoms with Crippen molar-refractivity contribution in [2.45, 2.75) is 38.1 Å². The number of rotatable bonds is 10. The Balaban J connectivity index is 1.51. The SMILES string of the molecule is NC(=O)CCCCC[C@H](NC(=O)c1cnsn1)c1ncc(-c2ccc3ccccc3c2)[nH]1. The van der Waals surface area contributed by atoms with Gasteiger partial charge in [-0.1, -0.05) is 49.2 Å². The number of aromatic amines is 1. The molecule has 0 radical (unpaired) electrons. The summed E-state index contributed by atoms with van der Waals surface area (Å²) in [6.07, 6.45) is 6.67. The van der Waals surface area contributed by atoms with Crippen LogP contribution in [0.15, 0.2) is 54.9 Å². The number of nitrogens with two attached hydrogens (primary N) is 1. The van der Waals surface area contributed by atoms with Crippen LogP contribution in [0.3, 0.4) is 0 Å². The molecule has 0 spiro atoms. The Morgan fingerprint density at radius 1 is 1.06 bits per heavy atom. The summed E-state index contributed by atoms with van der Waals surface area (Å²) in [5.41, 5.74) is 7.41. The Hall–Kier alpha value is -3.59. The van der Waals surface area contributed by atoms with Crippen molar-refractivity contribution in [3.63, 3.8) is 0 Å². The number of fused-ring (bicyclic) bond motifs is 1. The maximum absolute atomic E-state index is 12.6. The number of imidazole rings is 1. The lowest BCUT2D eigenvalue weighted by Gasteiger charge is -2.16. The van der Waals surface area contributed by atoms with Gasteiger partial charge in [-0.05, 0) is 29.7 Å².